The number of anilines is 2. The van der Waals surface area contributed by atoms with Gasteiger partial charge < -0.3 is 10.2 Å². The molecule has 130 valence electrons. The monoisotopic (exact) mass is 385 g/mol. The molecule has 0 fully saturated rings. The van der Waals surface area contributed by atoms with E-state index in [1.54, 1.807) is 30.3 Å². The second-order valence-electron chi connectivity index (χ2n) is 5.51. The molecule has 0 atom stereocenters. The molecule has 5 nitrogen and oxygen atoms in total. The van der Waals surface area contributed by atoms with Crippen LogP contribution in [0.5, 0.6) is 0 Å². The third kappa shape index (κ3) is 3.05. The van der Waals surface area contributed by atoms with Gasteiger partial charge in [0.15, 0.2) is 0 Å². The number of halogens is 2. The van der Waals surface area contributed by atoms with Crippen LogP contribution in [-0.4, -0.2) is 18.4 Å². The molecule has 7 heteroatoms. The van der Waals surface area contributed by atoms with E-state index < -0.39 is 5.91 Å². The summed E-state index contributed by atoms with van der Waals surface area (Å²) in [5.41, 5.74) is 1.32. The zero-order valence-corrected chi connectivity index (χ0v) is 15.2. The average Bonchev–Trinajstić information content (AvgIpc) is 2.91. The van der Waals surface area contributed by atoms with E-state index in [1.807, 2.05) is 13.0 Å². The highest BCUT2D eigenvalue weighted by Gasteiger charge is 2.35. The minimum absolute atomic E-state index is 0.0839. The van der Waals surface area contributed by atoms with E-state index in [1.165, 1.54) is 17.0 Å². The Morgan fingerprint density at radius 1 is 1.23 bits per heavy atom. The molecule has 0 bridgehead atoms. The molecule has 2 amide bonds. The number of carbonyl (C=O) groups is 2. The van der Waals surface area contributed by atoms with Crippen molar-refractivity contribution in [1.82, 2.24) is 0 Å². The molecule has 2 aromatic carbocycles. The van der Waals surface area contributed by atoms with Crippen molar-refractivity contribution < 1.29 is 9.59 Å². The molecular weight excluding hydrogens is 373 g/mol. The van der Waals surface area contributed by atoms with Crippen LogP contribution in [0.15, 0.2) is 48.0 Å². The van der Waals surface area contributed by atoms with Gasteiger partial charge >= 0.3 is 0 Å². The van der Waals surface area contributed by atoms with Gasteiger partial charge in [-0.1, -0.05) is 41.4 Å². The predicted octanol–water partition coefficient (Wildman–Crippen LogP) is 4.28. The summed E-state index contributed by atoms with van der Waals surface area (Å²) in [6.45, 7) is 2.26. The number of para-hydroxylation sites is 1. The molecule has 0 unspecified atom stereocenters. The fourth-order valence-corrected chi connectivity index (χ4v) is 3.17. The van der Waals surface area contributed by atoms with E-state index in [9.17, 15) is 14.9 Å². The van der Waals surface area contributed by atoms with Gasteiger partial charge in [-0.15, -0.1) is 0 Å². The van der Waals surface area contributed by atoms with E-state index in [-0.39, 0.29) is 27.8 Å². The molecule has 0 aliphatic carbocycles. The summed E-state index contributed by atoms with van der Waals surface area (Å²) >= 11 is 12.0. The third-order valence-electron chi connectivity index (χ3n) is 4.00. The number of fused-ring (bicyclic) bond motifs is 1. The van der Waals surface area contributed by atoms with Gasteiger partial charge in [0, 0.05) is 17.1 Å². The van der Waals surface area contributed by atoms with Gasteiger partial charge in [0.05, 0.1) is 22.0 Å². The second kappa shape index (κ2) is 7.20. The van der Waals surface area contributed by atoms with Crippen molar-refractivity contribution in [1.29, 1.82) is 5.26 Å². The minimum atomic E-state index is -0.715. The van der Waals surface area contributed by atoms with Crippen LogP contribution in [0.3, 0.4) is 0 Å². The fourth-order valence-electron chi connectivity index (χ4n) is 2.83. The van der Waals surface area contributed by atoms with Crippen molar-refractivity contribution in [3.8, 4) is 6.07 Å². The van der Waals surface area contributed by atoms with Crippen molar-refractivity contribution in [3.05, 3.63) is 63.6 Å². The van der Waals surface area contributed by atoms with Crippen molar-refractivity contribution in [2.45, 2.75) is 6.92 Å². The maximum atomic E-state index is 12.8. The van der Waals surface area contributed by atoms with Gasteiger partial charge in [-0.25, -0.2) is 0 Å². The molecule has 0 radical (unpaired) electrons. The van der Waals surface area contributed by atoms with E-state index >= 15 is 0 Å². The molecular formula is C19H13Cl2N3O2. The highest BCUT2D eigenvalue weighted by atomic mass is 35.5. The van der Waals surface area contributed by atoms with Crippen LogP contribution in [0.1, 0.15) is 12.5 Å². The van der Waals surface area contributed by atoms with Crippen LogP contribution < -0.4 is 10.2 Å². The van der Waals surface area contributed by atoms with Crippen LogP contribution in [0.25, 0.3) is 5.57 Å². The van der Waals surface area contributed by atoms with Gasteiger partial charge in [0.25, 0.3) is 11.8 Å². The molecule has 1 heterocycles. The minimum Gasteiger partial charge on any atom is -0.320 e. The topological polar surface area (TPSA) is 73.2 Å². The maximum absolute atomic E-state index is 12.8. The van der Waals surface area contributed by atoms with Gasteiger partial charge in [-0.2, -0.15) is 5.26 Å². The van der Waals surface area contributed by atoms with Crippen LogP contribution in [0, 0.1) is 11.3 Å². The van der Waals surface area contributed by atoms with Crippen LogP contribution in [0.4, 0.5) is 11.4 Å². The molecule has 2 aromatic rings. The number of amides is 2. The molecule has 0 aromatic heterocycles. The molecule has 0 spiro atoms. The smallest absolute Gasteiger partial charge is 0.267 e. The van der Waals surface area contributed by atoms with E-state index in [0.29, 0.717) is 22.8 Å². The number of nitrogens with one attached hydrogen (secondary N) is 1. The summed E-state index contributed by atoms with van der Waals surface area (Å²) in [5, 5.41) is 12.8. The second-order valence-corrected chi connectivity index (χ2v) is 6.35. The number of likely N-dealkylation sites (N-methyl/N-ethyl adjacent to an activating group) is 1. The van der Waals surface area contributed by atoms with E-state index in [0.717, 1.165) is 0 Å². The zero-order chi connectivity index (χ0) is 18.8. The molecule has 3 rings (SSSR count). The van der Waals surface area contributed by atoms with Crippen LogP contribution >= 0.6 is 23.2 Å². The Morgan fingerprint density at radius 3 is 2.65 bits per heavy atom. The lowest BCUT2D eigenvalue weighted by molar-refractivity contribution is -0.114. The zero-order valence-electron chi connectivity index (χ0n) is 13.7. The van der Waals surface area contributed by atoms with Crippen LogP contribution in [-0.2, 0) is 9.59 Å². The van der Waals surface area contributed by atoms with Crippen molar-refractivity contribution in [2.24, 2.45) is 0 Å². The number of nitriles is 1. The molecule has 0 saturated heterocycles. The quantitative estimate of drug-likeness (QED) is 0.632. The maximum Gasteiger partial charge on any atom is 0.267 e. The number of hydrogen-bond acceptors (Lipinski definition) is 3. The Morgan fingerprint density at radius 2 is 1.96 bits per heavy atom. The fraction of sp³-hybridized carbons (Fsp3) is 0.105. The van der Waals surface area contributed by atoms with Crippen molar-refractivity contribution >= 4 is 52.0 Å². The molecule has 26 heavy (non-hydrogen) atoms. The third-order valence-corrected chi connectivity index (χ3v) is 4.57. The van der Waals surface area contributed by atoms with Crippen molar-refractivity contribution in [2.75, 3.05) is 16.8 Å². The van der Waals surface area contributed by atoms with Gasteiger partial charge in [-0.05, 0) is 31.2 Å². The predicted molar refractivity (Wildman–Crippen MR) is 102 cm³/mol. The number of carbonyl (C=O) groups excluding carboxylic acids is 2. The summed E-state index contributed by atoms with van der Waals surface area (Å²) in [6.07, 6.45) is 0. The Balaban J connectivity index is 2.08. The first-order chi connectivity index (χ1) is 12.5. The van der Waals surface area contributed by atoms with Crippen LogP contribution in [0.2, 0.25) is 10.0 Å². The highest BCUT2D eigenvalue weighted by Crippen LogP contribution is 2.38. The lowest BCUT2D eigenvalue weighted by Gasteiger charge is -2.13. The lowest BCUT2D eigenvalue weighted by Crippen LogP contribution is -2.27. The summed E-state index contributed by atoms with van der Waals surface area (Å²) in [6, 6.07) is 13.5. The Hall–Kier alpha value is -2.81. The summed E-state index contributed by atoms with van der Waals surface area (Å²) in [4.78, 5) is 27.0. The average molecular weight is 386 g/mol. The number of rotatable bonds is 3. The van der Waals surface area contributed by atoms with E-state index in [4.69, 9.17) is 23.2 Å². The van der Waals surface area contributed by atoms with Gasteiger partial charge in [0.2, 0.25) is 0 Å². The number of benzene rings is 2. The normalized spacial score (nSPS) is 14.7. The summed E-state index contributed by atoms with van der Waals surface area (Å²) < 4.78 is 0. The summed E-state index contributed by atoms with van der Waals surface area (Å²) in [7, 11) is 0. The molecule has 1 aliphatic heterocycles. The first-order valence-corrected chi connectivity index (χ1v) is 8.55. The standard InChI is InChI=1S/C19H13Cl2N3O2/c1-2-24-16-6-4-3-5-12(16)17(19(24)26)13(10-22)18(25)23-15-9-11(20)7-8-14(15)21/h3-9H,2H2,1H3,(H,23,25). The largest absolute Gasteiger partial charge is 0.320 e. The molecule has 0 saturated carbocycles. The Kier molecular flexibility index (Phi) is 4.99. The number of nitrogens with zero attached hydrogens (tertiary/aromatic N) is 2. The Labute approximate surface area is 160 Å². The first kappa shape index (κ1) is 18.0. The van der Waals surface area contributed by atoms with E-state index in [2.05, 4.69) is 5.32 Å². The number of hydrogen-bond donors (Lipinski definition) is 1. The van der Waals surface area contributed by atoms with Gasteiger partial charge in [0.1, 0.15) is 11.6 Å². The highest BCUT2D eigenvalue weighted by molar-refractivity contribution is 6.39. The Bertz CT molecular complexity index is 993. The van der Waals surface area contributed by atoms with Gasteiger partial charge in [-0.3, -0.25) is 9.59 Å². The lowest BCUT2D eigenvalue weighted by atomic mass is 10.0. The first-order valence-electron chi connectivity index (χ1n) is 7.80. The summed E-state index contributed by atoms with van der Waals surface area (Å²) in [5.74, 6) is -1.09. The molecule has 1 N–H and O–H groups in total. The molecule has 1 aliphatic rings. The SMILES string of the molecule is CCN1C(=O)C(=C(C#N)C(=O)Nc2cc(Cl)ccc2Cl)c2ccccc21. The van der Waals surface area contributed by atoms with Crippen molar-refractivity contribution in [3.63, 3.8) is 0 Å².